The van der Waals surface area contributed by atoms with Gasteiger partial charge < -0.3 is 14.8 Å². The first kappa shape index (κ1) is 15.8. The Labute approximate surface area is 126 Å². The minimum absolute atomic E-state index is 0.00214. The number of rotatable bonds is 4. The smallest absolute Gasteiger partial charge is 0.306 e. The molecule has 1 aliphatic rings. The average Bonchev–Trinajstić information content (AvgIpc) is 2.78. The van der Waals surface area contributed by atoms with Gasteiger partial charge >= 0.3 is 5.97 Å². The van der Waals surface area contributed by atoms with Crippen LogP contribution in [0.15, 0.2) is 22.6 Å². The fourth-order valence-corrected chi connectivity index (χ4v) is 2.55. The largest absolute Gasteiger partial charge is 0.481 e. The maximum Gasteiger partial charge on any atom is 0.306 e. The standard InChI is InChI=1S/C17H25NO3/c1-11-13(9-15(21-11)17(2,3)4)10-18-14-7-5-6-12(8-14)16(19)20/h5,7,9,12,14,18H,6,8,10H2,1-4H3,(H,19,20)/t12-,14-/m0/s1. The Hall–Kier alpha value is -1.55. The van der Waals surface area contributed by atoms with E-state index in [0.717, 1.165) is 17.1 Å². The number of allylic oxidation sites excluding steroid dienone is 1. The summed E-state index contributed by atoms with van der Waals surface area (Å²) in [5.41, 5.74) is 1.15. The van der Waals surface area contributed by atoms with E-state index < -0.39 is 5.97 Å². The van der Waals surface area contributed by atoms with Crippen LogP contribution in [0.1, 0.15) is 50.7 Å². The fourth-order valence-electron chi connectivity index (χ4n) is 2.55. The predicted octanol–water partition coefficient (Wildman–Crippen LogP) is 3.39. The number of furan rings is 1. The van der Waals surface area contributed by atoms with Crippen LogP contribution in [0.4, 0.5) is 0 Å². The number of carboxylic acid groups (broad SMARTS) is 1. The van der Waals surface area contributed by atoms with E-state index in [2.05, 4.69) is 38.2 Å². The van der Waals surface area contributed by atoms with Gasteiger partial charge in [-0.05, 0) is 25.8 Å². The van der Waals surface area contributed by atoms with Crippen LogP contribution in [0.25, 0.3) is 0 Å². The number of aryl methyl sites for hydroxylation is 1. The second-order valence-electron chi connectivity index (χ2n) is 6.86. The Bertz CT molecular complexity index is 537. The molecule has 4 nitrogen and oxygen atoms in total. The predicted molar refractivity (Wildman–Crippen MR) is 82.3 cm³/mol. The minimum Gasteiger partial charge on any atom is -0.481 e. The Morgan fingerprint density at radius 3 is 2.76 bits per heavy atom. The highest BCUT2D eigenvalue weighted by atomic mass is 16.4. The van der Waals surface area contributed by atoms with Crippen LogP contribution in [0.3, 0.4) is 0 Å². The molecule has 1 aliphatic carbocycles. The normalized spacial score (nSPS) is 22.5. The van der Waals surface area contributed by atoms with Crippen LogP contribution in [0.5, 0.6) is 0 Å². The molecule has 1 aromatic heterocycles. The van der Waals surface area contributed by atoms with E-state index in [1.807, 2.05) is 13.0 Å². The highest BCUT2D eigenvalue weighted by Crippen LogP contribution is 2.27. The van der Waals surface area contributed by atoms with Gasteiger partial charge in [-0.25, -0.2) is 0 Å². The van der Waals surface area contributed by atoms with Crippen LogP contribution < -0.4 is 5.32 Å². The van der Waals surface area contributed by atoms with E-state index in [0.29, 0.717) is 19.4 Å². The molecule has 0 spiro atoms. The zero-order valence-electron chi connectivity index (χ0n) is 13.3. The van der Waals surface area contributed by atoms with E-state index in [1.54, 1.807) is 0 Å². The first-order valence-corrected chi connectivity index (χ1v) is 7.50. The van der Waals surface area contributed by atoms with Crippen molar-refractivity contribution < 1.29 is 14.3 Å². The van der Waals surface area contributed by atoms with Crippen molar-refractivity contribution in [1.29, 1.82) is 0 Å². The van der Waals surface area contributed by atoms with Crippen molar-refractivity contribution in [2.24, 2.45) is 5.92 Å². The summed E-state index contributed by atoms with van der Waals surface area (Å²) in [7, 11) is 0. The van der Waals surface area contributed by atoms with E-state index in [1.165, 1.54) is 0 Å². The highest BCUT2D eigenvalue weighted by molar-refractivity contribution is 5.70. The summed E-state index contributed by atoms with van der Waals surface area (Å²) in [6.07, 6.45) is 5.31. The Balaban J connectivity index is 1.97. The van der Waals surface area contributed by atoms with Gasteiger partial charge in [0.05, 0.1) is 5.92 Å². The molecule has 0 aliphatic heterocycles. The van der Waals surface area contributed by atoms with Gasteiger partial charge in [-0.15, -0.1) is 0 Å². The third kappa shape index (κ3) is 3.97. The van der Waals surface area contributed by atoms with Crippen molar-refractivity contribution in [3.05, 3.63) is 35.3 Å². The summed E-state index contributed by atoms with van der Waals surface area (Å²) in [6, 6.07) is 2.22. The van der Waals surface area contributed by atoms with Gasteiger partial charge in [-0.3, -0.25) is 4.79 Å². The molecule has 0 aromatic carbocycles. The number of hydrogen-bond acceptors (Lipinski definition) is 3. The highest BCUT2D eigenvalue weighted by Gasteiger charge is 2.24. The van der Waals surface area contributed by atoms with Gasteiger partial charge in [0.2, 0.25) is 0 Å². The zero-order chi connectivity index (χ0) is 15.6. The second kappa shape index (κ2) is 6.06. The molecule has 1 heterocycles. The lowest BCUT2D eigenvalue weighted by Gasteiger charge is -2.22. The number of carboxylic acids is 1. The minimum atomic E-state index is -0.708. The summed E-state index contributed by atoms with van der Waals surface area (Å²) in [5.74, 6) is 0.935. The van der Waals surface area contributed by atoms with Crippen molar-refractivity contribution in [2.45, 2.75) is 58.5 Å². The lowest BCUT2D eigenvalue weighted by atomic mass is 9.91. The fraction of sp³-hybridized carbons (Fsp3) is 0.588. The Kier molecular flexibility index (Phi) is 4.57. The molecule has 21 heavy (non-hydrogen) atoms. The topological polar surface area (TPSA) is 62.5 Å². The van der Waals surface area contributed by atoms with Crippen LogP contribution in [0, 0.1) is 12.8 Å². The molecule has 2 N–H and O–H groups in total. The molecular formula is C17H25NO3. The molecule has 0 bridgehead atoms. The SMILES string of the molecule is Cc1oc(C(C)(C)C)cc1CN[C@H]1C=CC[C@H](C(=O)O)C1. The molecule has 0 fully saturated rings. The molecule has 0 unspecified atom stereocenters. The van der Waals surface area contributed by atoms with E-state index >= 15 is 0 Å². The molecule has 1 aromatic rings. The summed E-state index contributed by atoms with van der Waals surface area (Å²) in [5, 5.41) is 12.5. The number of aliphatic carboxylic acids is 1. The molecule has 0 saturated carbocycles. The van der Waals surface area contributed by atoms with Crippen molar-refractivity contribution in [1.82, 2.24) is 5.32 Å². The summed E-state index contributed by atoms with van der Waals surface area (Å²) in [4.78, 5) is 11.1. The van der Waals surface area contributed by atoms with Gasteiger partial charge in [0.1, 0.15) is 11.5 Å². The van der Waals surface area contributed by atoms with Gasteiger partial charge in [0, 0.05) is 23.6 Å². The maximum absolute atomic E-state index is 11.1. The second-order valence-corrected chi connectivity index (χ2v) is 6.86. The van der Waals surface area contributed by atoms with E-state index in [9.17, 15) is 4.79 Å². The molecule has 116 valence electrons. The van der Waals surface area contributed by atoms with Crippen LogP contribution >= 0.6 is 0 Å². The van der Waals surface area contributed by atoms with Crippen molar-refractivity contribution in [3.63, 3.8) is 0 Å². The molecule has 0 radical (unpaired) electrons. The lowest BCUT2D eigenvalue weighted by Crippen LogP contribution is -2.33. The molecule has 0 saturated heterocycles. The van der Waals surface area contributed by atoms with Gasteiger partial charge in [0.25, 0.3) is 0 Å². The summed E-state index contributed by atoms with van der Waals surface area (Å²) in [6.45, 7) is 9.06. The van der Waals surface area contributed by atoms with E-state index in [4.69, 9.17) is 9.52 Å². The number of nitrogens with one attached hydrogen (secondary N) is 1. The van der Waals surface area contributed by atoms with Gasteiger partial charge in [-0.1, -0.05) is 32.9 Å². The van der Waals surface area contributed by atoms with Crippen molar-refractivity contribution in [2.75, 3.05) is 0 Å². The lowest BCUT2D eigenvalue weighted by molar-refractivity contribution is -0.142. The van der Waals surface area contributed by atoms with Crippen LogP contribution in [-0.2, 0) is 16.8 Å². The molecule has 2 atom stereocenters. The first-order valence-electron chi connectivity index (χ1n) is 7.50. The third-order valence-corrected chi connectivity index (χ3v) is 3.99. The third-order valence-electron chi connectivity index (χ3n) is 3.99. The Morgan fingerprint density at radius 2 is 2.19 bits per heavy atom. The molecule has 4 heteroatoms. The van der Waals surface area contributed by atoms with E-state index in [-0.39, 0.29) is 17.4 Å². The van der Waals surface area contributed by atoms with Crippen molar-refractivity contribution in [3.8, 4) is 0 Å². The Morgan fingerprint density at radius 1 is 1.48 bits per heavy atom. The molecular weight excluding hydrogens is 266 g/mol. The first-order chi connectivity index (χ1) is 9.77. The summed E-state index contributed by atoms with van der Waals surface area (Å²) >= 11 is 0. The quantitative estimate of drug-likeness (QED) is 0.835. The molecule has 2 rings (SSSR count). The number of hydrogen-bond donors (Lipinski definition) is 2. The van der Waals surface area contributed by atoms with Gasteiger partial charge in [-0.2, -0.15) is 0 Å². The van der Waals surface area contributed by atoms with Crippen molar-refractivity contribution >= 4 is 5.97 Å². The monoisotopic (exact) mass is 291 g/mol. The van der Waals surface area contributed by atoms with Crippen LogP contribution in [0.2, 0.25) is 0 Å². The number of carbonyl (C=O) groups is 1. The van der Waals surface area contributed by atoms with Gasteiger partial charge in [0.15, 0.2) is 0 Å². The van der Waals surface area contributed by atoms with Crippen LogP contribution in [-0.4, -0.2) is 17.1 Å². The molecule has 0 amide bonds. The zero-order valence-corrected chi connectivity index (χ0v) is 13.3. The average molecular weight is 291 g/mol. The summed E-state index contributed by atoms with van der Waals surface area (Å²) < 4.78 is 5.83. The maximum atomic E-state index is 11.1.